The molecular weight excluding hydrogens is 352 g/mol. The molecule has 0 aliphatic carbocycles. The number of benzene rings is 1. The lowest BCUT2D eigenvalue weighted by Crippen LogP contribution is -2.44. The number of thioether (sulfide) groups is 1. The summed E-state index contributed by atoms with van der Waals surface area (Å²) in [5.74, 6) is 1.62. The van der Waals surface area contributed by atoms with Crippen molar-refractivity contribution in [3.8, 4) is 0 Å². The van der Waals surface area contributed by atoms with Crippen LogP contribution in [0, 0.1) is 12.8 Å². The fourth-order valence-electron chi connectivity index (χ4n) is 2.87. The third-order valence-corrected chi connectivity index (χ3v) is 6.14. The largest absolute Gasteiger partial charge is 0.375 e. The van der Waals surface area contributed by atoms with E-state index in [4.69, 9.17) is 4.74 Å². The average Bonchev–Trinajstić information content (AvgIpc) is 3.02. The summed E-state index contributed by atoms with van der Waals surface area (Å²) in [7, 11) is 0. The van der Waals surface area contributed by atoms with Crippen molar-refractivity contribution >= 4 is 33.9 Å². The summed E-state index contributed by atoms with van der Waals surface area (Å²) in [5, 5.41) is 12.7. The predicted octanol–water partition coefficient (Wildman–Crippen LogP) is 4.04. The summed E-state index contributed by atoms with van der Waals surface area (Å²) in [4.78, 5) is 2.50. The van der Waals surface area contributed by atoms with Crippen LogP contribution in [-0.2, 0) is 4.74 Å². The maximum absolute atomic E-state index is 5.91. The van der Waals surface area contributed by atoms with Crippen LogP contribution in [0.5, 0.6) is 0 Å². The molecule has 7 heteroatoms. The molecule has 1 aliphatic rings. The molecule has 2 aromatic rings. The first-order chi connectivity index (χ1) is 12.1. The Labute approximate surface area is 158 Å². The van der Waals surface area contributed by atoms with E-state index in [-0.39, 0.29) is 6.10 Å². The standard InChI is InChI=1S/C18H26N4OS2/c1-13(2)10-22-8-9-23-15(11-22)12-24-18-21-20-17(25-18)19-16-7-5-4-6-14(16)3/h4-7,13,15H,8-12H2,1-3H3,(H,19,20)/t15-/m0/s1. The number of aryl methyl sites for hydroxylation is 1. The van der Waals surface area contributed by atoms with Crippen molar-refractivity contribution in [1.29, 1.82) is 0 Å². The number of nitrogens with one attached hydrogen (secondary N) is 1. The molecule has 0 saturated carbocycles. The van der Waals surface area contributed by atoms with Gasteiger partial charge in [-0.05, 0) is 24.5 Å². The quantitative estimate of drug-likeness (QED) is 0.734. The van der Waals surface area contributed by atoms with Crippen molar-refractivity contribution in [3.05, 3.63) is 29.8 Å². The molecule has 136 valence electrons. The molecule has 1 saturated heterocycles. The number of nitrogens with zero attached hydrogens (tertiary/aromatic N) is 3. The van der Waals surface area contributed by atoms with Crippen LogP contribution in [0.3, 0.4) is 0 Å². The number of ether oxygens (including phenoxy) is 1. The van der Waals surface area contributed by atoms with E-state index in [1.807, 2.05) is 12.1 Å². The molecular formula is C18H26N4OS2. The molecule has 1 fully saturated rings. The van der Waals surface area contributed by atoms with E-state index in [0.29, 0.717) is 5.92 Å². The minimum absolute atomic E-state index is 0.272. The summed E-state index contributed by atoms with van der Waals surface area (Å²) >= 11 is 3.33. The summed E-state index contributed by atoms with van der Waals surface area (Å²) in [6.07, 6.45) is 0.272. The summed E-state index contributed by atoms with van der Waals surface area (Å²) in [5.41, 5.74) is 2.28. The maximum atomic E-state index is 5.91. The summed E-state index contributed by atoms with van der Waals surface area (Å²) < 4.78 is 6.89. The third-order valence-electron chi connectivity index (χ3n) is 4.03. The molecule has 0 amide bonds. The van der Waals surface area contributed by atoms with Crippen LogP contribution >= 0.6 is 23.1 Å². The lowest BCUT2D eigenvalue weighted by Gasteiger charge is -2.33. The Balaban J connectivity index is 1.49. The van der Waals surface area contributed by atoms with Crippen LogP contribution in [0.15, 0.2) is 28.6 Å². The zero-order chi connectivity index (χ0) is 17.6. The van der Waals surface area contributed by atoms with Crippen molar-refractivity contribution in [3.63, 3.8) is 0 Å². The topological polar surface area (TPSA) is 50.3 Å². The van der Waals surface area contributed by atoms with Gasteiger partial charge in [0, 0.05) is 31.1 Å². The van der Waals surface area contributed by atoms with Gasteiger partial charge >= 0.3 is 0 Å². The van der Waals surface area contributed by atoms with Crippen molar-refractivity contribution in [2.75, 3.05) is 37.3 Å². The van der Waals surface area contributed by atoms with Crippen LogP contribution < -0.4 is 5.32 Å². The van der Waals surface area contributed by atoms with E-state index in [1.165, 1.54) is 5.56 Å². The van der Waals surface area contributed by atoms with Gasteiger partial charge < -0.3 is 10.1 Å². The monoisotopic (exact) mass is 378 g/mol. The minimum Gasteiger partial charge on any atom is -0.375 e. The van der Waals surface area contributed by atoms with Gasteiger partial charge in [-0.2, -0.15) is 0 Å². The Bertz CT molecular complexity index is 677. The highest BCUT2D eigenvalue weighted by molar-refractivity contribution is 8.01. The highest BCUT2D eigenvalue weighted by Crippen LogP contribution is 2.29. The zero-order valence-electron chi connectivity index (χ0n) is 15.1. The number of aromatic nitrogens is 2. The summed E-state index contributed by atoms with van der Waals surface area (Å²) in [6, 6.07) is 8.20. The van der Waals surface area contributed by atoms with Crippen LogP contribution in [0.25, 0.3) is 0 Å². The predicted molar refractivity (Wildman–Crippen MR) is 106 cm³/mol. The maximum Gasteiger partial charge on any atom is 0.210 e. The second kappa shape index (κ2) is 8.98. The van der Waals surface area contributed by atoms with E-state index in [2.05, 4.69) is 53.3 Å². The Morgan fingerprint density at radius 3 is 3.00 bits per heavy atom. The number of anilines is 2. The Morgan fingerprint density at radius 2 is 2.20 bits per heavy atom. The number of morpholine rings is 1. The first-order valence-electron chi connectivity index (χ1n) is 8.73. The van der Waals surface area contributed by atoms with Crippen molar-refractivity contribution in [2.45, 2.75) is 31.2 Å². The van der Waals surface area contributed by atoms with Gasteiger partial charge in [0.2, 0.25) is 5.13 Å². The Kier molecular flexibility index (Phi) is 6.70. The van der Waals surface area contributed by atoms with E-state index >= 15 is 0 Å². The van der Waals surface area contributed by atoms with Crippen LogP contribution in [0.4, 0.5) is 10.8 Å². The second-order valence-electron chi connectivity index (χ2n) is 6.77. The first-order valence-corrected chi connectivity index (χ1v) is 10.5. The molecule has 1 aromatic carbocycles. The second-order valence-corrected chi connectivity index (χ2v) is 9.01. The van der Waals surface area contributed by atoms with Crippen molar-refractivity contribution in [1.82, 2.24) is 15.1 Å². The van der Waals surface area contributed by atoms with Gasteiger partial charge in [-0.3, -0.25) is 4.90 Å². The smallest absolute Gasteiger partial charge is 0.210 e. The molecule has 1 atom stereocenters. The number of hydrogen-bond donors (Lipinski definition) is 1. The van der Waals surface area contributed by atoms with Crippen molar-refractivity contribution in [2.24, 2.45) is 5.92 Å². The number of para-hydroxylation sites is 1. The van der Waals surface area contributed by atoms with Gasteiger partial charge in [0.1, 0.15) is 0 Å². The van der Waals surface area contributed by atoms with Gasteiger partial charge in [0.15, 0.2) is 4.34 Å². The van der Waals surface area contributed by atoms with Gasteiger partial charge in [-0.25, -0.2) is 0 Å². The normalized spacial score (nSPS) is 18.6. The number of rotatable bonds is 7. The highest BCUT2D eigenvalue weighted by Gasteiger charge is 2.21. The average molecular weight is 379 g/mol. The van der Waals surface area contributed by atoms with E-state index in [1.54, 1.807) is 23.1 Å². The molecule has 0 bridgehead atoms. The molecule has 1 aliphatic heterocycles. The lowest BCUT2D eigenvalue weighted by atomic mass is 10.2. The van der Waals surface area contributed by atoms with Crippen LogP contribution in [0.1, 0.15) is 19.4 Å². The summed E-state index contributed by atoms with van der Waals surface area (Å²) in [6.45, 7) is 10.7. The zero-order valence-corrected chi connectivity index (χ0v) is 16.7. The van der Waals surface area contributed by atoms with Gasteiger partial charge in [0.25, 0.3) is 0 Å². The van der Waals surface area contributed by atoms with Crippen LogP contribution in [-0.4, -0.2) is 53.2 Å². The Morgan fingerprint density at radius 1 is 1.36 bits per heavy atom. The fourth-order valence-corrected chi connectivity index (χ4v) is 4.67. The highest BCUT2D eigenvalue weighted by atomic mass is 32.2. The number of hydrogen-bond acceptors (Lipinski definition) is 7. The van der Waals surface area contributed by atoms with E-state index in [0.717, 1.165) is 47.2 Å². The molecule has 5 nitrogen and oxygen atoms in total. The molecule has 2 heterocycles. The van der Waals surface area contributed by atoms with Gasteiger partial charge in [0.05, 0.1) is 12.7 Å². The van der Waals surface area contributed by atoms with Gasteiger partial charge in [-0.15, -0.1) is 10.2 Å². The lowest BCUT2D eigenvalue weighted by molar-refractivity contribution is -0.0191. The molecule has 0 unspecified atom stereocenters. The first kappa shape index (κ1) is 18.6. The van der Waals surface area contributed by atoms with Gasteiger partial charge in [-0.1, -0.05) is 55.1 Å². The fraction of sp³-hybridized carbons (Fsp3) is 0.556. The van der Waals surface area contributed by atoms with E-state index < -0.39 is 0 Å². The van der Waals surface area contributed by atoms with Crippen LogP contribution in [0.2, 0.25) is 0 Å². The SMILES string of the molecule is Cc1ccccc1Nc1nnc(SC[C@@H]2CN(CC(C)C)CCO2)s1. The van der Waals surface area contributed by atoms with E-state index in [9.17, 15) is 0 Å². The molecule has 1 aromatic heterocycles. The molecule has 0 radical (unpaired) electrons. The Hall–Kier alpha value is -1.15. The third kappa shape index (κ3) is 5.67. The van der Waals surface area contributed by atoms with Crippen molar-refractivity contribution < 1.29 is 4.74 Å². The molecule has 1 N–H and O–H groups in total. The molecule has 3 rings (SSSR count). The molecule has 25 heavy (non-hydrogen) atoms. The molecule has 0 spiro atoms. The minimum atomic E-state index is 0.272.